The molecule has 0 saturated carbocycles. The van der Waals surface area contributed by atoms with Crippen molar-refractivity contribution in [3.05, 3.63) is 58.6 Å². The topological polar surface area (TPSA) is 68.5 Å². The molecule has 144 valence electrons. The number of fused-ring (bicyclic) bond motifs is 1. The summed E-state index contributed by atoms with van der Waals surface area (Å²) in [5, 5.41) is -0.613. The summed E-state index contributed by atoms with van der Waals surface area (Å²) in [6.07, 6.45) is 5.39. The minimum atomic E-state index is -3.52. The summed E-state index contributed by atoms with van der Waals surface area (Å²) in [6, 6.07) is 10.3. The van der Waals surface area contributed by atoms with Crippen LogP contribution in [0.2, 0.25) is 0 Å². The molecule has 0 aliphatic heterocycles. The molecule has 0 fully saturated rings. The van der Waals surface area contributed by atoms with Gasteiger partial charge in [-0.2, -0.15) is 4.99 Å². The van der Waals surface area contributed by atoms with Crippen LogP contribution < -0.4 is 4.80 Å². The van der Waals surface area contributed by atoms with Crippen LogP contribution in [0.25, 0.3) is 10.2 Å². The largest absolute Gasteiger partial charge is 0.302 e. The van der Waals surface area contributed by atoms with Gasteiger partial charge in [-0.1, -0.05) is 29.4 Å². The maximum Gasteiger partial charge on any atom is 0.279 e. The third-order valence-corrected chi connectivity index (χ3v) is 7.32. The van der Waals surface area contributed by atoms with Crippen molar-refractivity contribution in [1.82, 2.24) is 4.57 Å². The lowest BCUT2D eigenvalue weighted by atomic mass is 10.2. The van der Waals surface area contributed by atoms with E-state index in [1.165, 1.54) is 34.9 Å². The van der Waals surface area contributed by atoms with Gasteiger partial charge in [0.2, 0.25) is 0 Å². The number of nitrogens with zero attached hydrogens (tertiary/aromatic N) is 2. The number of thiazole rings is 1. The Morgan fingerprint density at radius 3 is 2.68 bits per heavy atom. The number of amides is 1. The van der Waals surface area contributed by atoms with Crippen molar-refractivity contribution in [3.8, 4) is 12.3 Å². The molecule has 2 aromatic carbocycles. The van der Waals surface area contributed by atoms with Gasteiger partial charge in [0.15, 0.2) is 14.6 Å². The number of terminal acetylenes is 1. The summed E-state index contributed by atoms with van der Waals surface area (Å²) >= 11 is 1.14. The third-order valence-electron chi connectivity index (χ3n) is 4.13. The van der Waals surface area contributed by atoms with E-state index in [4.69, 9.17) is 6.42 Å². The molecule has 0 radical (unpaired) electrons. The number of benzene rings is 2. The van der Waals surface area contributed by atoms with Gasteiger partial charge in [-0.25, -0.2) is 12.8 Å². The minimum absolute atomic E-state index is 0.0504. The number of hydrogen-bond donors (Lipinski definition) is 0. The van der Waals surface area contributed by atoms with Crippen LogP contribution in [-0.2, 0) is 16.4 Å². The van der Waals surface area contributed by atoms with Crippen LogP contribution in [0.4, 0.5) is 4.39 Å². The first kappa shape index (κ1) is 20.0. The van der Waals surface area contributed by atoms with Gasteiger partial charge >= 0.3 is 0 Å². The SMILES string of the molecule is C#CCn1c(=NC(=O)c2cccc(S(=O)(=O)C(C)C)c2)sc2cccc(F)c21. The van der Waals surface area contributed by atoms with Gasteiger partial charge in [0.05, 0.1) is 26.9 Å². The monoisotopic (exact) mass is 416 g/mol. The quantitative estimate of drug-likeness (QED) is 0.612. The van der Waals surface area contributed by atoms with E-state index in [1.807, 2.05) is 0 Å². The Labute approximate surface area is 166 Å². The standard InChI is InChI=1S/C20H17FN2O3S2/c1-4-11-23-18-16(21)9-6-10-17(18)27-20(23)22-19(24)14-7-5-8-15(12-14)28(25,26)13(2)3/h1,5-10,12-13H,11H2,2-3H3. The molecule has 28 heavy (non-hydrogen) atoms. The predicted octanol–water partition coefficient (Wildman–Crippen LogP) is 3.40. The highest BCUT2D eigenvalue weighted by Gasteiger charge is 2.20. The molecule has 3 rings (SSSR count). The van der Waals surface area contributed by atoms with Gasteiger partial charge in [-0.05, 0) is 44.2 Å². The molecular formula is C20H17FN2O3S2. The van der Waals surface area contributed by atoms with Crippen LogP contribution in [0.15, 0.2) is 52.4 Å². The maximum atomic E-state index is 14.2. The number of sulfone groups is 1. The molecule has 8 heteroatoms. The van der Waals surface area contributed by atoms with Gasteiger partial charge in [0, 0.05) is 5.56 Å². The average Bonchev–Trinajstić information content (AvgIpc) is 3.00. The van der Waals surface area contributed by atoms with E-state index < -0.39 is 26.8 Å². The van der Waals surface area contributed by atoms with Crippen molar-refractivity contribution in [2.24, 2.45) is 4.99 Å². The molecule has 0 spiro atoms. The number of rotatable bonds is 4. The van der Waals surface area contributed by atoms with Gasteiger partial charge in [0.25, 0.3) is 5.91 Å². The van der Waals surface area contributed by atoms with Crippen LogP contribution in [0.5, 0.6) is 0 Å². The molecule has 5 nitrogen and oxygen atoms in total. The zero-order chi connectivity index (χ0) is 20.5. The highest BCUT2D eigenvalue weighted by molar-refractivity contribution is 7.92. The molecule has 0 unspecified atom stereocenters. The van der Waals surface area contributed by atoms with Crippen molar-refractivity contribution >= 4 is 37.3 Å². The Morgan fingerprint density at radius 2 is 2.00 bits per heavy atom. The first-order chi connectivity index (χ1) is 13.3. The lowest BCUT2D eigenvalue weighted by Gasteiger charge is -2.08. The Morgan fingerprint density at radius 1 is 1.29 bits per heavy atom. The van der Waals surface area contributed by atoms with Crippen molar-refractivity contribution in [3.63, 3.8) is 0 Å². The summed E-state index contributed by atoms with van der Waals surface area (Å²) in [5.74, 6) is 1.35. The molecule has 1 heterocycles. The molecular weight excluding hydrogens is 399 g/mol. The number of carbonyl (C=O) groups excluding carboxylic acids is 1. The zero-order valence-corrected chi connectivity index (χ0v) is 16.8. The Hall–Kier alpha value is -2.76. The number of hydrogen-bond acceptors (Lipinski definition) is 4. The predicted molar refractivity (Wildman–Crippen MR) is 107 cm³/mol. The van der Waals surface area contributed by atoms with E-state index in [-0.39, 0.29) is 27.3 Å². The Kier molecular flexibility index (Phi) is 5.49. The molecule has 0 bridgehead atoms. The Balaban J connectivity index is 2.13. The maximum absolute atomic E-state index is 14.2. The normalized spacial score (nSPS) is 12.5. The lowest BCUT2D eigenvalue weighted by Crippen LogP contribution is -2.17. The molecule has 0 atom stereocenters. The second kappa shape index (κ2) is 7.70. The number of para-hydroxylation sites is 1. The van der Waals surface area contributed by atoms with Crippen molar-refractivity contribution < 1.29 is 17.6 Å². The summed E-state index contributed by atoms with van der Waals surface area (Å²) in [5.41, 5.74) is 0.417. The molecule has 3 aromatic rings. The second-order valence-electron chi connectivity index (χ2n) is 6.30. The van der Waals surface area contributed by atoms with E-state index >= 15 is 0 Å². The minimum Gasteiger partial charge on any atom is -0.302 e. The Bertz CT molecular complexity index is 1280. The van der Waals surface area contributed by atoms with Crippen LogP contribution in [-0.4, -0.2) is 24.1 Å². The van der Waals surface area contributed by atoms with E-state index in [0.29, 0.717) is 4.70 Å². The molecule has 0 aliphatic rings. The summed E-state index contributed by atoms with van der Waals surface area (Å²) in [7, 11) is -3.52. The van der Waals surface area contributed by atoms with Crippen LogP contribution in [0.1, 0.15) is 24.2 Å². The second-order valence-corrected chi connectivity index (χ2v) is 9.81. The molecule has 0 saturated heterocycles. The average molecular weight is 416 g/mol. The van der Waals surface area contributed by atoms with Gasteiger partial charge in [-0.15, -0.1) is 6.42 Å². The van der Waals surface area contributed by atoms with Gasteiger partial charge < -0.3 is 4.57 Å². The van der Waals surface area contributed by atoms with Crippen molar-refractivity contribution in [2.75, 3.05) is 0 Å². The van der Waals surface area contributed by atoms with Gasteiger partial charge in [0.1, 0.15) is 5.82 Å². The fourth-order valence-corrected chi connectivity index (χ4v) is 4.79. The van der Waals surface area contributed by atoms with E-state index in [0.717, 1.165) is 11.3 Å². The summed E-state index contributed by atoms with van der Waals surface area (Å²) < 4.78 is 41.0. The fraction of sp³-hybridized carbons (Fsp3) is 0.200. The first-order valence-electron chi connectivity index (χ1n) is 8.40. The first-order valence-corrected chi connectivity index (χ1v) is 10.8. The molecule has 0 aliphatic carbocycles. The number of carbonyl (C=O) groups is 1. The summed E-state index contributed by atoms with van der Waals surface area (Å²) in [4.78, 5) is 17.1. The van der Waals surface area contributed by atoms with Crippen molar-refractivity contribution in [2.45, 2.75) is 30.5 Å². The summed E-state index contributed by atoms with van der Waals surface area (Å²) in [6.45, 7) is 3.19. The smallest absolute Gasteiger partial charge is 0.279 e. The highest BCUT2D eigenvalue weighted by Crippen LogP contribution is 2.21. The zero-order valence-electron chi connectivity index (χ0n) is 15.2. The number of aromatic nitrogens is 1. The van der Waals surface area contributed by atoms with Gasteiger partial charge in [-0.3, -0.25) is 4.79 Å². The van der Waals surface area contributed by atoms with E-state index in [2.05, 4.69) is 10.9 Å². The van der Waals surface area contributed by atoms with E-state index in [9.17, 15) is 17.6 Å². The molecule has 1 aromatic heterocycles. The van der Waals surface area contributed by atoms with Crippen LogP contribution in [0.3, 0.4) is 0 Å². The van der Waals surface area contributed by atoms with E-state index in [1.54, 1.807) is 26.0 Å². The fourth-order valence-electron chi connectivity index (χ4n) is 2.64. The van der Waals surface area contributed by atoms with Crippen LogP contribution in [0, 0.1) is 18.2 Å². The van der Waals surface area contributed by atoms with Crippen LogP contribution >= 0.6 is 11.3 Å². The third kappa shape index (κ3) is 3.63. The molecule has 0 N–H and O–H groups in total. The highest BCUT2D eigenvalue weighted by atomic mass is 32.2. The molecule has 1 amide bonds. The number of halogens is 1. The van der Waals surface area contributed by atoms with Crippen molar-refractivity contribution in [1.29, 1.82) is 0 Å². The lowest BCUT2D eigenvalue weighted by molar-refractivity contribution is 0.0997.